The van der Waals surface area contributed by atoms with Crippen molar-refractivity contribution >= 4 is 23.2 Å². The number of carbonyl (C=O) groups excluding carboxylic acids is 1. The van der Waals surface area contributed by atoms with Gasteiger partial charge in [0.25, 0.3) is 0 Å². The van der Waals surface area contributed by atoms with Crippen LogP contribution in [0.1, 0.15) is 5.56 Å². The van der Waals surface area contributed by atoms with Crippen LogP contribution >= 0.6 is 11.6 Å². The van der Waals surface area contributed by atoms with Gasteiger partial charge in [0.1, 0.15) is 0 Å². The fourth-order valence-electron chi connectivity index (χ4n) is 1.79. The zero-order valence-electron chi connectivity index (χ0n) is 13.9. The molecule has 0 aliphatic carbocycles. The first-order valence-corrected chi connectivity index (χ1v) is 7.47. The molecule has 172 valence electrons. The summed E-state index contributed by atoms with van der Waals surface area (Å²) in [5.74, 6) is -41.9. The van der Waals surface area contributed by atoms with Crippen molar-refractivity contribution in [3.05, 3.63) is 28.8 Å². The lowest BCUT2D eigenvalue weighted by Crippen LogP contribution is -2.71. The van der Waals surface area contributed by atoms with Crippen molar-refractivity contribution in [2.45, 2.75) is 42.7 Å². The number of benzene rings is 1. The molecule has 0 aromatic heterocycles. The Morgan fingerprint density at radius 3 is 1.60 bits per heavy atom. The summed E-state index contributed by atoms with van der Waals surface area (Å²) in [6.45, 7) is 1.35. The predicted octanol–water partition coefficient (Wildman–Crippen LogP) is 6.33. The Kier molecular flexibility index (Phi) is 6.39. The summed E-state index contributed by atoms with van der Waals surface area (Å²) < 4.78 is 169. The average molecular weight is 488 g/mol. The van der Waals surface area contributed by atoms with Crippen LogP contribution in [-0.2, 0) is 4.79 Å². The number of aryl methyl sites for hydroxylation is 1. The van der Waals surface area contributed by atoms with Gasteiger partial charge in [-0.15, -0.1) is 0 Å². The Bertz CT molecular complexity index is 819. The van der Waals surface area contributed by atoms with E-state index >= 15 is 0 Å². The molecular weight excluding hydrogens is 481 g/mol. The molecule has 1 N–H and O–H groups in total. The van der Waals surface area contributed by atoms with Gasteiger partial charge >= 0.3 is 41.7 Å². The van der Waals surface area contributed by atoms with Crippen LogP contribution in [-0.4, -0.2) is 41.7 Å². The van der Waals surface area contributed by atoms with Gasteiger partial charge in [0.05, 0.1) is 0 Å². The molecule has 1 amide bonds. The standard InChI is InChI=1S/C14H7ClF13NO/c1-5-2-3-6(4-7(5)15)29-8(30)9(16,17)10(18,19)11(20,21)12(22,23)13(24,25)14(26,27)28/h2-4H,1H3,(H,29,30). The van der Waals surface area contributed by atoms with E-state index < -0.39 is 47.4 Å². The van der Waals surface area contributed by atoms with Crippen LogP contribution in [0, 0.1) is 6.92 Å². The summed E-state index contributed by atoms with van der Waals surface area (Å²) in [6, 6.07) is 2.40. The van der Waals surface area contributed by atoms with E-state index in [0.717, 1.165) is 17.4 Å². The van der Waals surface area contributed by atoms with E-state index in [2.05, 4.69) is 0 Å². The summed E-state index contributed by atoms with van der Waals surface area (Å²) in [4.78, 5) is 11.3. The highest BCUT2D eigenvalue weighted by Crippen LogP contribution is 2.60. The minimum atomic E-state index is -8.07. The number of hydrogen-bond acceptors (Lipinski definition) is 1. The normalized spacial score (nSPS) is 14.6. The Balaban J connectivity index is 3.40. The molecule has 0 saturated heterocycles. The Morgan fingerprint density at radius 2 is 1.20 bits per heavy atom. The molecule has 0 unspecified atom stereocenters. The highest BCUT2D eigenvalue weighted by molar-refractivity contribution is 6.31. The zero-order valence-corrected chi connectivity index (χ0v) is 14.7. The van der Waals surface area contributed by atoms with Crippen molar-refractivity contribution in [3.8, 4) is 0 Å². The summed E-state index contributed by atoms with van der Waals surface area (Å²) in [6.07, 6.45) is -7.52. The smallest absolute Gasteiger partial charge is 0.321 e. The number of alkyl halides is 13. The molecular formula is C14H7ClF13NO. The molecule has 1 aromatic carbocycles. The topological polar surface area (TPSA) is 29.1 Å². The molecule has 0 bridgehead atoms. The number of carbonyl (C=O) groups is 1. The monoisotopic (exact) mass is 487 g/mol. The van der Waals surface area contributed by atoms with Crippen LogP contribution in [0.15, 0.2) is 18.2 Å². The lowest BCUT2D eigenvalue weighted by molar-refractivity contribution is -0.435. The third kappa shape index (κ3) is 3.75. The Morgan fingerprint density at radius 1 is 0.767 bits per heavy atom. The number of rotatable bonds is 6. The third-order valence-corrected chi connectivity index (χ3v) is 4.06. The first-order valence-electron chi connectivity index (χ1n) is 7.09. The summed E-state index contributed by atoms with van der Waals surface area (Å²) >= 11 is 5.53. The van der Waals surface area contributed by atoms with E-state index in [4.69, 9.17) is 11.6 Å². The number of halogens is 14. The second-order valence-corrected chi connectivity index (χ2v) is 6.20. The highest BCUT2D eigenvalue weighted by Gasteiger charge is 2.91. The molecule has 0 saturated carbocycles. The maximum Gasteiger partial charge on any atom is 0.460 e. The van der Waals surface area contributed by atoms with Gasteiger partial charge in [-0.25, -0.2) is 0 Å². The first kappa shape index (κ1) is 26.1. The second kappa shape index (κ2) is 7.34. The van der Waals surface area contributed by atoms with E-state index in [1.807, 2.05) is 0 Å². The van der Waals surface area contributed by atoms with Crippen molar-refractivity contribution in [1.82, 2.24) is 0 Å². The maximum atomic E-state index is 13.6. The van der Waals surface area contributed by atoms with Crippen LogP contribution in [0.2, 0.25) is 5.02 Å². The largest absolute Gasteiger partial charge is 0.460 e. The number of amides is 1. The van der Waals surface area contributed by atoms with E-state index in [1.54, 1.807) is 0 Å². The molecule has 0 atom stereocenters. The average Bonchev–Trinajstić information content (AvgIpc) is 2.56. The first-order chi connectivity index (χ1) is 13.1. The number of nitrogens with one attached hydrogen (secondary N) is 1. The van der Waals surface area contributed by atoms with E-state index in [-0.39, 0.29) is 10.6 Å². The van der Waals surface area contributed by atoms with Crippen LogP contribution in [0.25, 0.3) is 0 Å². The van der Waals surface area contributed by atoms with Crippen molar-refractivity contribution < 1.29 is 61.9 Å². The van der Waals surface area contributed by atoms with Gasteiger partial charge in [0, 0.05) is 10.7 Å². The lowest BCUT2D eigenvalue weighted by atomic mass is 9.93. The van der Waals surface area contributed by atoms with E-state index in [0.29, 0.717) is 6.07 Å². The van der Waals surface area contributed by atoms with Gasteiger partial charge in [-0.1, -0.05) is 17.7 Å². The van der Waals surface area contributed by atoms with Crippen molar-refractivity contribution in [1.29, 1.82) is 0 Å². The van der Waals surface area contributed by atoms with E-state index in [9.17, 15) is 61.9 Å². The molecule has 0 aliphatic rings. The highest BCUT2D eigenvalue weighted by atomic mass is 35.5. The fraction of sp³-hybridized carbons (Fsp3) is 0.500. The van der Waals surface area contributed by atoms with Gasteiger partial charge < -0.3 is 5.32 Å². The summed E-state index contributed by atoms with van der Waals surface area (Å²) in [5.41, 5.74) is -0.575. The molecule has 0 aliphatic heterocycles. The molecule has 0 radical (unpaired) electrons. The molecule has 16 heteroatoms. The minimum Gasteiger partial charge on any atom is -0.321 e. The number of hydrogen-bond donors (Lipinski definition) is 1. The van der Waals surface area contributed by atoms with Gasteiger partial charge in [-0.2, -0.15) is 57.1 Å². The van der Waals surface area contributed by atoms with Crippen molar-refractivity contribution in [2.75, 3.05) is 5.32 Å². The minimum absolute atomic E-state index is 0.257. The van der Waals surface area contributed by atoms with Crippen LogP contribution < -0.4 is 5.32 Å². The van der Waals surface area contributed by atoms with Gasteiger partial charge in [0.15, 0.2) is 0 Å². The molecule has 1 rings (SSSR count). The summed E-state index contributed by atoms with van der Waals surface area (Å²) in [5, 5.41) is 0.648. The molecule has 2 nitrogen and oxygen atoms in total. The lowest BCUT2D eigenvalue weighted by Gasteiger charge is -2.39. The van der Waals surface area contributed by atoms with Gasteiger partial charge in [-0.05, 0) is 24.6 Å². The van der Waals surface area contributed by atoms with Crippen molar-refractivity contribution in [3.63, 3.8) is 0 Å². The Labute approximate surface area is 163 Å². The predicted molar refractivity (Wildman–Crippen MR) is 75.6 cm³/mol. The zero-order chi connectivity index (χ0) is 24.1. The van der Waals surface area contributed by atoms with Gasteiger partial charge in [-0.3, -0.25) is 4.79 Å². The van der Waals surface area contributed by atoms with E-state index in [1.165, 1.54) is 6.92 Å². The third-order valence-electron chi connectivity index (χ3n) is 3.65. The van der Waals surface area contributed by atoms with Gasteiger partial charge in [0.2, 0.25) is 0 Å². The molecule has 1 aromatic rings. The second-order valence-electron chi connectivity index (χ2n) is 5.79. The maximum absolute atomic E-state index is 13.6. The van der Waals surface area contributed by atoms with Crippen LogP contribution in [0.3, 0.4) is 0 Å². The molecule has 0 fully saturated rings. The molecule has 30 heavy (non-hydrogen) atoms. The molecule has 0 spiro atoms. The quantitative estimate of drug-likeness (QED) is 0.467. The summed E-state index contributed by atoms with van der Waals surface area (Å²) in [7, 11) is 0. The van der Waals surface area contributed by atoms with Crippen LogP contribution in [0.4, 0.5) is 62.8 Å². The van der Waals surface area contributed by atoms with Crippen LogP contribution in [0.5, 0.6) is 0 Å². The SMILES string of the molecule is Cc1ccc(NC(=O)C(F)(F)C(F)(F)C(F)(F)C(F)(F)C(F)(F)C(F)(F)F)cc1Cl. The fourth-order valence-corrected chi connectivity index (χ4v) is 1.97. The molecule has 0 heterocycles. The Hall–Kier alpha value is -1.93. The number of anilines is 1. The van der Waals surface area contributed by atoms with Crippen molar-refractivity contribution in [2.24, 2.45) is 0 Å².